The summed E-state index contributed by atoms with van der Waals surface area (Å²) in [6.07, 6.45) is -0.794. The summed E-state index contributed by atoms with van der Waals surface area (Å²) in [5.74, 6) is 0.0775. The average molecular weight is 357 g/mol. The fraction of sp³-hybridized carbons (Fsp3) is 0.400. The lowest BCUT2D eigenvalue weighted by Crippen LogP contribution is -2.08. The summed E-state index contributed by atoms with van der Waals surface area (Å²) in [7, 11) is 0. The SMILES string of the molecule is CCn1nc(C)c(Br)c1COc1ccc(F)cc1[C@@H](C)O. The van der Waals surface area contributed by atoms with Crippen LogP contribution in [0.15, 0.2) is 22.7 Å². The van der Waals surface area contributed by atoms with Gasteiger partial charge in [-0.2, -0.15) is 5.10 Å². The first-order valence-electron chi connectivity index (χ1n) is 6.76. The number of aryl methyl sites for hydroxylation is 2. The lowest BCUT2D eigenvalue weighted by Gasteiger charge is -2.14. The maximum atomic E-state index is 13.3. The summed E-state index contributed by atoms with van der Waals surface area (Å²) < 4.78 is 21.8. The number of nitrogens with zero attached hydrogens (tertiary/aromatic N) is 2. The lowest BCUT2D eigenvalue weighted by atomic mass is 10.1. The molecule has 0 aliphatic heterocycles. The van der Waals surface area contributed by atoms with Crippen LogP contribution in [0.3, 0.4) is 0 Å². The zero-order valence-corrected chi connectivity index (χ0v) is 13.8. The van der Waals surface area contributed by atoms with E-state index in [4.69, 9.17) is 4.74 Å². The van der Waals surface area contributed by atoms with E-state index < -0.39 is 11.9 Å². The van der Waals surface area contributed by atoms with Gasteiger partial charge < -0.3 is 9.84 Å². The van der Waals surface area contributed by atoms with Crippen LogP contribution in [-0.4, -0.2) is 14.9 Å². The first-order chi connectivity index (χ1) is 9.93. The predicted octanol–water partition coefficient (Wildman–Crippen LogP) is 3.75. The Morgan fingerprint density at radius 3 is 2.81 bits per heavy atom. The Morgan fingerprint density at radius 1 is 1.48 bits per heavy atom. The number of aromatic nitrogens is 2. The van der Waals surface area contributed by atoms with E-state index in [1.165, 1.54) is 18.2 Å². The van der Waals surface area contributed by atoms with E-state index >= 15 is 0 Å². The third-order valence-electron chi connectivity index (χ3n) is 3.24. The molecule has 0 unspecified atom stereocenters. The Bertz CT molecular complexity index is 641. The lowest BCUT2D eigenvalue weighted by molar-refractivity contribution is 0.188. The Kier molecular flexibility index (Phi) is 5.00. The van der Waals surface area contributed by atoms with Crippen molar-refractivity contribution in [2.24, 2.45) is 0 Å². The van der Waals surface area contributed by atoms with Crippen LogP contribution in [0.4, 0.5) is 4.39 Å². The van der Waals surface area contributed by atoms with Crippen molar-refractivity contribution in [3.63, 3.8) is 0 Å². The molecule has 1 heterocycles. The van der Waals surface area contributed by atoms with Crippen LogP contribution in [0.1, 0.15) is 36.9 Å². The number of aliphatic hydroxyl groups is 1. The van der Waals surface area contributed by atoms with Gasteiger partial charge in [-0.25, -0.2) is 4.39 Å². The number of rotatable bonds is 5. The standard InChI is InChI=1S/C15H18BrFN2O2/c1-4-19-13(15(16)9(2)18-19)8-21-14-6-5-11(17)7-12(14)10(3)20/h5-7,10,20H,4,8H2,1-3H3/t10-/m1/s1. The molecule has 4 nitrogen and oxygen atoms in total. The maximum absolute atomic E-state index is 13.3. The monoisotopic (exact) mass is 356 g/mol. The first kappa shape index (κ1) is 16.0. The minimum absolute atomic E-state index is 0.292. The third kappa shape index (κ3) is 3.44. The summed E-state index contributed by atoms with van der Waals surface area (Å²) >= 11 is 3.50. The molecule has 2 rings (SSSR count). The zero-order valence-electron chi connectivity index (χ0n) is 12.2. The van der Waals surface area contributed by atoms with Crippen LogP contribution >= 0.6 is 15.9 Å². The maximum Gasteiger partial charge on any atom is 0.131 e. The highest BCUT2D eigenvalue weighted by Gasteiger charge is 2.15. The molecule has 1 N–H and O–H groups in total. The van der Waals surface area contributed by atoms with E-state index in [2.05, 4.69) is 21.0 Å². The van der Waals surface area contributed by atoms with Gasteiger partial charge in [-0.1, -0.05) is 0 Å². The third-order valence-corrected chi connectivity index (χ3v) is 4.27. The molecule has 0 aliphatic rings. The van der Waals surface area contributed by atoms with Crippen molar-refractivity contribution in [1.29, 1.82) is 0 Å². The molecule has 6 heteroatoms. The van der Waals surface area contributed by atoms with Gasteiger partial charge in [-0.05, 0) is 54.9 Å². The van der Waals surface area contributed by atoms with Gasteiger partial charge in [0, 0.05) is 12.1 Å². The summed E-state index contributed by atoms with van der Waals surface area (Å²) in [5.41, 5.74) is 2.24. The van der Waals surface area contributed by atoms with Gasteiger partial charge in [0.05, 0.1) is 22.0 Å². The fourth-order valence-corrected chi connectivity index (χ4v) is 2.53. The van der Waals surface area contributed by atoms with Crippen LogP contribution in [0.2, 0.25) is 0 Å². The van der Waals surface area contributed by atoms with E-state index in [0.29, 0.717) is 17.9 Å². The minimum Gasteiger partial charge on any atom is -0.487 e. The van der Waals surface area contributed by atoms with Crippen LogP contribution in [0.5, 0.6) is 5.75 Å². The largest absolute Gasteiger partial charge is 0.487 e. The fourth-order valence-electron chi connectivity index (χ4n) is 2.13. The molecule has 1 atom stereocenters. The van der Waals surface area contributed by atoms with Gasteiger partial charge in [-0.15, -0.1) is 0 Å². The average Bonchev–Trinajstić information content (AvgIpc) is 2.72. The molecule has 0 spiro atoms. The summed E-state index contributed by atoms with van der Waals surface area (Å²) in [4.78, 5) is 0. The van der Waals surface area contributed by atoms with Crippen LogP contribution < -0.4 is 4.74 Å². The summed E-state index contributed by atoms with van der Waals surface area (Å²) in [6, 6.07) is 4.14. The summed E-state index contributed by atoms with van der Waals surface area (Å²) in [6.45, 7) is 6.52. The molecule has 21 heavy (non-hydrogen) atoms. The Hall–Kier alpha value is -1.40. The smallest absolute Gasteiger partial charge is 0.131 e. The van der Waals surface area contributed by atoms with Crippen molar-refractivity contribution < 1.29 is 14.2 Å². The van der Waals surface area contributed by atoms with E-state index in [9.17, 15) is 9.50 Å². The van der Waals surface area contributed by atoms with E-state index in [0.717, 1.165) is 22.4 Å². The molecular formula is C15H18BrFN2O2. The van der Waals surface area contributed by atoms with Crippen LogP contribution in [0.25, 0.3) is 0 Å². The number of hydrogen-bond donors (Lipinski definition) is 1. The highest BCUT2D eigenvalue weighted by atomic mass is 79.9. The van der Waals surface area contributed by atoms with Gasteiger partial charge in [0.2, 0.25) is 0 Å². The molecule has 0 saturated heterocycles. The van der Waals surface area contributed by atoms with Crippen LogP contribution in [0, 0.1) is 12.7 Å². The molecule has 0 aliphatic carbocycles. The number of benzene rings is 1. The molecule has 0 bridgehead atoms. The van der Waals surface area contributed by atoms with Crippen LogP contribution in [-0.2, 0) is 13.2 Å². The number of ether oxygens (including phenoxy) is 1. The first-order valence-corrected chi connectivity index (χ1v) is 7.55. The number of halogens is 2. The highest BCUT2D eigenvalue weighted by Crippen LogP contribution is 2.28. The molecular weight excluding hydrogens is 339 g/mol. The van der Waals surface area contributed by atoms with Gasteiger partial charge in [0.1, 0.15) is 18.2 Å². The Labute approximate surface area is 131 Å². The second-order valence-corrected chi connectivity index (χ2v) is 5.60. The molecule has 2 aromatic rings. The van der Waals surface area contributed by atoms with Crippen molar-refractivity contribution in [2.75, 3.05) is 0 Å². The molecule has 1 aromatic carbocycles. The zero-order chi connectivity index (χ0) is 15.6. The second kappa shape index (κ2) is 6.58. The molecule has 0 amide bonds. The van der Waals surface area contributed by atoms with Crippen molar-refractivity contribution in [2.45, 2.75) is 40.0 Å². The molecule has 1 aromatic heterocycles. The predicted molar refractivity (Wildman–Crippen MR) is 81.7 cm³/mol. The van der Waals surface area contributed by atoms with Gasteiger partial charge in [0.25, 0.3) is 0 Å². The quantitative estimate of drug-likeness (QED) is 0.887. The highest BCUT2D eigenvalue weighted by molar-refractivity contribution is 9.10. The van der Waals surface area contributed by atoms with E-state index in [-0.39, 0.29) is 0 Å². The van der Waals surface area contributed by atoms with Gasteiger partial charge >= 0.3 is 0 Å². The number of hydrogen-bond acceptors (Lipinski definition) is 3. The number of aliphatic hydroxyl groups excluding tert-OH is 1. The van der Waals surface area contributed by atoms with Gasteiger partial charge in [-0.3, -0.25) is 4.68 Å². The Balaban J connectivity index is 2.25. The molecule has 0 saturated carbocycles. The van der Waals surface area contributed by atoms with E-state index in [1.54, 1.807) is 6.92 Å². The molecule has 0 fully saturated rings. The minimum atomic E-state index is -0.794. The summed E-state index contributed by atoms with van der Waals surface area (Å²) in [5, 5.41) is 14.1. The van der Waals surface area contributed by atoms with E-state index in [1.807, 2.05) is 18.5 Å². The Morgan fingerprint density at radius 2 is 2.19 bits per heavy atom. The van der Waals surface area contributed by atoms with Crippen molar-refractivity contribution in [1.82, 2.24) is 9.78 Å². The topological polar surface area (TPSA) is 47.3 Å². The van der Waals surface area contributed by atoms with Crippen molar-refractivity contribution >= 4 is 15.9 Å². The van der Waals surface area contributed by atoms with Crippen molar-refractivity contribution in [3.05, 3.63) is 45.4 Å². The second-order valence-electron chi connectivity index (χ2n) is 4.81. The van der Waals surface area contributed by atoms with Crippen molar-refractivity contribution in [3.8, 4) is 5.75 Å². The molecule has 114 valence electrons. The normalized spacial score (nSPS) is 12.5. The van der Waals surface area contributed by atoms with Gasteiger partial charge in [0.15, 0.2) is 0 Å². The molecule has 0 radical (unpaired) electrons.